The molecule has 18 heavy (non-hydrogen) atoms. The van der Waals surface area contributed by atoms with Crippen LogP contribution in [0.2, 0.25) is 0 Å². The highest BCUT2D eigenvalue weighted by Gasteiger charge is 2.09. The van der Waals surface area contributed by atoms with Crippen LogP contribution < -0.4 is 4.74 Å². The highest BCUT2D eigenvalue weighted by molar-refractivity contribution is 9.10. The molecular weight excluding hydrogens is 386 g/mol. The first-order valence-corrected chi connectivity index (χ1v) is 7.19. The number of hydrogen-bond acceptors (Lipinski definition) is 1. The summed E-state index contributed by atoms with van der Waals surface area (Å²) in [6, 6.07) is 10.1. The van der Waals surface area contributed by atoms with Crippen LogP contribution in [-0.4, -0.2) is 0 Å². The van der Waals surface area contributed by atoms with Gasteiger partial charge in [-0.15, -0.1) is 11.6 Å². The third-order valence-electron chi connectivity index (χ3n) is 2.28. The molecule has 0 amide bonds. The molecule has 2 aromatic carbocycles. The maximum absolute atomic E-state index is 13.7. The van der Waals surface area contributed by atoms with Crippen molar-refractivity contribution >= 4 is 43.5 Å². The van der Waals surface area contributed by atoms with Gasteiger partial charge in [-0.05, 0) is 36.4 Å². The molecule has 0 heterocycles. The summed E-state index contributed by atoms with van der Waals surface area (Å²) >= 11 is 12.4. The van der Waals surface area contributed by atoms with Gasteiger partial charge < -0.3 is 4.74 Å². The molecule has 0 spiro atoms. The van der Waals surface area contributed by atoms with Crippen molar-refractivity contribution in [2.24, 2.45) is 0 Å². The first-order chi connectivity index (χ1) is 8.60. The van der Waals surface area contributed by atoms with E-state index < -0.39 is 5.82 Å². The maximum Gasteiger partial charge on any atom is 0.166 e. The second kappa shape index (κ2) is 6.04. The van der Waals surface area contributed by atoms with Gasteiger partial charge in [-0.1, -0.05) is 31.9 Å². The van der Waals surface area contributed by atoms with Crippen molar-refractivity contribution in [1.29, 1.82) is 0 Å². The monoisotopic (exact) mass is 392 g/mol. The van der Waals surface area contributed by atoms with Crippen LogP contribution in [0.25, 0.3) is 0 Å². The van der Waals surface area contributed by atoms with Crippen molar-refractivity contribution in [3.63, 3.8) is 0 Å². The summed E-state index contributed by atoms with van der Waals surface area (Å²) in [5, 5.41) is 0. The average molecular weight is 394 g/mol. The van der Waals surface area contributed by atoms with Gasteiger partial charge in [0.1, 0.15) is 5.75 Å². The average Bonchev–Trinajstić information content (AvgIpc) is 2.34. The lowest BCUT2D eigenvalue weighted by atomic mass is 10.2. The summed E-state index contributed by atoms with van der Waals surface area (Å²) in [6.07, 6.45) is 0. The van der Waals surface area contributed by atoms with Crippen LogP contribution in [0.15, 0.2) is 45.3 Å². The van der Waals surface area contributed by atoms with Gasteiger partial charge in [-0.25, -0.2) is 4.39 Å². The number of alkyl halides is 1. The van der Waals surface area contributed by atoms with E-state index in [2.05, 4.69) is 31.9 Å². The van der Waals surface area contributed by atoms with Crippen molar-refractivity contribution in [1.82, 2.24) is 0 Å². The van der Waals surface area contributed by atoms with E-state index in [4.69, 9.17) is 16.3 Å². The van der Waals surface area contributed by atoms with Crippen molar-refractivity contribution in [2.75, 3.05) is 0 Å². The Balaban J connectivity index is 2.33. The quantitative estimate of drug-likeness (QED) is 0.591. The van der Waals surface area contributed by atoms with Gasteiger partial charge in [0.2, 0.25) is 0 Å². The molecule has 0 N–H and O–H groups in total. The number of halogens is 4. The molecule has 2 rings (SSSR count). The van der Waals surface area contributed by atoms with E-state index in [0.717, 1.165) is 10.0 Å². The standard InChI is InChI=1S/C13H8Br2ClFO/c14-9-1-3-12(8(5-9)7-16)18-13-4-2-10(15)6-11(13)17/h1-6H,7H2. The van der Waals surface area contributed by atoms with Crippen molar-refractivity contribution in [3.8, 4) is 11.5 Å². The normalized spacial score (nSPS) is 10.4. The fourth-order valence-electron chi connectivity index (χ4n) is 1.43. The highest BCUT2D eigenvalue weighted by atomic mass is 79.9. The summed E-state index contributed by atoms with van der Waals surface area (Å²) in [5.74, 6) is 0.599. The van der Waals surface area contributed by atoms with Crippen LogP contribution in [-0.2, 0) is 5.88 Å². The Hall–Kier alpha value is -0.580. The minimum absolute atomic E-state index is 0.173. The minimum Gasteiger partial charge on any atom is -0.454 e. The molecule has 0 aliphatic carbocycles. The van der Waals surface area contributed by atoms with E-state index >= 15 is 0 Å². The van der Waals surface area contributed by atoms with Crippen LogP contribution in [0.4, 0.5) is 4.39 Å². The van der Waals surface area contributed by atoms with Gasteiger partial charge in [-0.3, -0.25) is 0 Å². The zero-order chi connectivity index (χ0) is 13.1. The fourth-order valence-corrected chi connectivity index (χ4v) is 2.38. The third-order valence-corrected chi connectivity index (χ3v) is 3.55. The van der Waals surface area contributed by atoms with Crippen molar-refractivity contribution in [2.45, 2.75) is 5.88 Å². The Labute approximate surface area is 126 Å². The Morgan fingerprint density at radius 1 is 1.00 bits per heavy atom. The zero-order valence-electron chi connectivity index (χ0n) is 9.09. The molecule has 0 aliphatic rings. The first kappa shape index (κ1) is 13.8. The van der Waals surface area contributed by atoms with Gasteiger partial charge in [0.15, 0.2) is 11.6 Å². The Morgan fingerprint density at radius 3 is 2.22 bits per heavy atom. The Morgan fingerprint density at radius 2 is 1.61 bits per heavy atom. The highest BCUT2D eigenvalue weighted by Crippen LogP contribution is 2.31. The molecule has 94 valence electrons. The molecular formula is C13H8Br2ClFO. The van der Waals surface area contributed by atoms with E-state index in [0.29, 0.717) is 16.1 Å². The molecule has 0 bridgehead atoms. The topological polar surface area (TPSA) is 9.23 Å². The summed E-state index contributed by atoms with van der Waals surface area (Å²) in [4.78, 5) is 0. The summed E-state index contributed by atoms with van der Waals surface area (Å²) in [7, 11) is 0. The largest absolute Gasteiger partial charge is 0.454 e. The van der Waals surface area contributed by atoms with Gasteiger partial charge in [0.25, 0.3) is 0 Å². The fraction of sp³-hybridized carbons (Fsp3) is 0.0769. The number of ether oxygens (including phenoxy) is 1. The molecule has 0 saturated carbocycles. The predicted octanol–water partition coefficient (Wildman–Crippen LogP) is 5.88. The lowest BCUT2D eigenvalue weighted by Gasteiger charge is -2.10. The Kier molecular flexibility index (Phi) is 4.65. The van der Waals surface area contributed by atoms with Crippen LogP contribution in [0.1, 0.15) is 5.56 Å². The number of rotatable bonds is 3. The predicted molar refractivity (Wildman–Crippen MR) is 77.9 cm³/mol. The number of hydrogen-bond donors (Lipinski definition) is 0. The minimum atomic E-state index is -0.423. The Bertz CT molecular complexity index is 575. The van der Waals surface area contributed by atoms with Gasteiger partial charge >= 0.3 is 0 Å². The summed E-state index contributed by atoms with van der Waals surface area (Å²) in [5.41, 5.74) is 0.799. The lowest BCUT2D eigenvalue weighted by Crippen LogP contribution is -1.92. The molecule has 0 unspecified atom stereocenters. The maximum atomic E-state index is 13.7. The third kappa shape index (κ3) is 3.25. The van der Waals surface area contributed by atoms with Crippen LogP contribution in [0, 0.1) is 5.82 Å². The molecule has 0 aliphatic heterocycles. The molecule has 0 saturated heterocycles. The second-order valence-corrected chi connectivity index (χ2v) is 5.66. The molecule has 0 atom stereocenters. The SMILES string of the molecule is Fc1cc(Br)ccc1Oc1ccc(Br)cc1CCl. The zero-order valence-corrected chi connectivity index (χ0v) is 13.0. The summed E-state index contributed by atoms with van der Waals surface area (Å²) in [6.45, 7) is 0. The number of benzene rings is 2. The smallest absolute Gasteiger partial charge is 0.166 e. The van der Waals surface area contributed by atoms with Gasteiger partial charge in [0.05, 0.1) is 5.88 Å². The second-order valence-electron chi connectivity index (χ2n) is 3.56. The van der Waals surface area contributed by atoms with Gasteiger partial charge in [-0.2, -0.15) is 0 Å². The van der Waals surface area contributed by atoms with Crippen LogP contribution in [0.5, 0.6) is 11.5 Å². The lowest BCUT2D eigenvalue weighted by molar-refractivity contribution is 0.439. The van der Waals surface area contributed by atoms with Gasteiger partial charge in [0, 0.05) is 14.5 Å². The van der Waals surface area contributed by atoms with Crippen molar-refractivity contribution < 1.29 is 9.13 Å². The van der Waals surface area contributed by atoms with E-state index in [9.17, 15) is 4.39 Å². The molecule has 1 nitrogen and oxygen atoms in total. The molecule has 0 aromatic heterocycles. The van der Waals surface area contributed by atoms with E-state index in [1.54, 1.807) is 18.2 Å². The van der Waals surface area contributed by atoms with E-state index in [1.165, 1.54) is 6.07 Å². The van der Waals surface area contributed by atoms with Crippen molar-refractivity contribution in [3.05, 3.63) is 56.7 Å². The molecule has 5 heteroatoms. The first-order valence-electron chi connectivity index (χ1n) is 5.07. The van der Waals surface area contributed by atoms with E-state index in [-0.39, 0.29) is 5.75 Å². The van der Waals surface area contributed by atoms with E-state index in [1.807, 2.05) is 12.1 Å². The molecule has 0 radical (unpaired) electrons. The summed E-state index contributed by atoms with van der Waals surface area (Å²) < 4.78 is 20.8. The van der Waals surface area contributed by atoms with Crippen LogP contribution >= 0.6 is 43.5 Å². The molecule has 0 fully saturated rings. The molecule has 2 aromatic rings. The van der Waals surface area contributed by atoms with Crippen LogP contribution in [0.3, 0.4) is 0 Å².